The predicted molar refractivity (Wildman–Crippen MR) is 58.2 cm³/mol. The number of nitrogens with one attached hydrogen (secondary N) is 1. The molecule has 1 N–H and O–H groups in total. The molecule has 13 heavy (non-hydrogen) atoms. The van der Waals surface area contributed by atoms with Crippen LogP contribution < -0.4 is 5.32 Å². The normalized spacial score (nSPS) is 11.1. The molecule has 3 heteroatoms. The lowest BCUT2D eigenvalue weighted by atomic mass is 10.1. The lowest BCUT2D eigenvalue weighted by Gasteiger charge is -2.05. The Balaban J connectivity index is 2.50. The highest BCUT2D eigenvalue weighted by Crippen LogP contribution is 2.20. The number of hydrogen-bond acceptors (Lipinski definition) is 3. The lowest BCUT2D eigenvalue weighted by molar-refractivity contribution is 0.670. The summed E-state index contributed by atoms with van der Waals surface area (Å²) in [6.45, 7) is 8.64. The first kappa shape index (κ1) is 10.7. The molecule has 0 atom stereocenters. The summed E-state index contributed by atoms with van der Waals surface area (Å²) in [5.74, 6) is 0.546. The van der Waals surface area contributed by atoms with Crippen LogP contribution in [0, 0.1) is 0 Å². The number of thiazole rings is 1. The molecule has 1 aromatic rings. The van der Waals surface area contributed by atoms with E-state index in [2.05, 4.69) is 31.1 Å². The zero-order valence-corrected chi connectivity index (χ0v) is 9.45. The van der Waals surface area contributed by atoms with E-state index in [1.165, 1.54) is 17.0 Å². The van der Waals surface area contributed by atoms with Gasteiger partial charge in [0.1, 0.15) is 0 Å². The van der Waals surface area contributed by atoms with Crippen LogP contribution in [-0.4, -0.2) is 11.5 Å². The van der Waals surface area contributed by atoms with Crippen molar-refractivity contribution in [1.29, 1.82) is 0 Å². The molecule has 0 saturated carbocycles. The third kappa shape index (κ3) is 3.08. The highest BCUT2D eigenvalue weighted by molar-refractivity contribution is 7.09. The zero-order valence-electron chi connectivity index (χ0n) is 8.63. The summed E-state index contributed by atoms with van der Waals surface area (Å²) >= 11 is 1.75. The second kappa shape index (κ2) is 5.35. The Kier molecular flexibility index (Phi) is 4.39. The average Bonchev–Trinajstić information content (AvgIpc) is 2.53. The monoisotopic (exact) mass is 198 g/mol. The van der Waals surface area contributed by atoms with Crippen LogP contribution in [0.1, 0.15) is 43.7 Å². The van der Waals surface area contributed by atoms with Gasteiger partial charge in [0.2, 0.25) is 0 Å². The van der Waals surface area contributed by atoms with E-state index in [9.17, 15) is 0 Å². The van der Waals surface area contributed by atoms with Gasteiger partial charge in [-0.2, -0.15) is 0 Å². The summed E-state index contributed by atoms with van der Waals surface area (Å²) in [5, 5.41) is 3.40. The number of hydrogen-bond donors (Lipinski definition) is 1. The number of aromatic nitrogens is 1. The number of nitrogens with zero attached hydrogens (tertiary/aromatic N) is 1. The van der Waals surface area contributed by atoms with E-state index in [4.69, 9.17) is 0 Å². The Morgan fingerprint density at radius 1 is 1.54 bits per heavy atom. The Morgan fingerprint density at radius 3 is 2.92 bits per heavy atom. The Bertz CT molecular complexity index is 243. The fraction of sp³-hybridized carbons (Fsp3) is 0.700. The SMILES string of the molecule is CCCNCc1scnc1C(C)C. The van der Waals surface area contributed by atoms with E-state index in [0.717, 1.165) is 13.1 Å². The van der Waals surface area contributed by atoms with Crippen molar-refractivity contribution in [3.05, 3.63) is 16.1 Å². The molecule has 74 valence electrons. The standard InChI is InChI=1S/C10H18N2S/c1-4-5-11-6-9-10(8(2)3)12-7-13-9/h7-8,11H,4-6H2,1-3H3. The molecule has 0 radical (unpaired) electrons. The summed E-state index contributed by atoms with van der Waals surface area (Å²) in [6, 6.07) is 0. The van der Waals surface area contributed by atoms with Crippen molar-refractivity contribution in [2.75, 3.05) is 6.54 Å². The highest BCUT2D eigenvalue weighted by atomic mass is 32.1. The van der Waals surface area contributed by atoms with Crippen molar-refractivity contribution < 1.29 is 0 Å². The fourth-order valence-corrected chi connectivity index (χ4v) is 2.15. The largest absolute Gasteiger partial charge is 0.312 e. The topological polar surface area (TPSA) is 24.9 Å². The molecule has 0 spiro atoms. The van der Waals surface area contributed by atoms with Crippen LogP contribution in [0.5, 0.6) is 0 Å². The zero-order chi connectivity index (χ0) is 9.68. The van der Waals surface area contributed by atoms with Crippen molar-refractivity contribution in [3.8, 4) is 0 Å². The first-order chi connectivity index (χ1) is 6.25. The third-order valence-corrected chi connectivity index (χ3v) is 2.78. The van der Waals surface area contributed by atoms with Crippen LogP contribution in [-0.2, 0) is 6.54 Å². The van der Waals surface area contributed by atoms with E-state index in [1.54, 1.807) is 11.3 Å². The third-order valence-electron chi connectivity index (χ3n) is 1.93. The molecular weight excluding hydrogens is 180 g/mol. The van der Waals surface area contributed by atoms with Crippen molar-refractivity contribution in [3.63, 3.8) is 0 Å². The molecule has 0 saturated heterocycles. The second-order valence-corrected chi connectivity index (χ2v) is 4.43. The molecular formula is C10H18N2S. The quantitative estimate of drug-likeness (QED) is 0.736. The maximum absolute atomic E-state index is 4.37. The maximum atomic E-state index is 4.37. The molecule has 0 aliphatic rings. The van der Waals surface area contributed by atoms with Gasteiger partial charge in [-0.05, 0) is 18.9 Å². The van der Waals surface area contributed by atoms with Crippen LogP contribution in [0.4, 0.5) is 0 Å². The molecule has 1 aromatic heterocycles. The van der Waals surface area contributed by atoms with Crippen molar-refractivity contribution >= 4 is 11.3 Å². The lowest BCUT2D eigenvalue weighted by Crippen LogP contribution is -2.14. The summed E-state index contributed by atoms with van der Waals surface area (Å²) in [7, 11) is 0. The number of rotatable bonds is 5. The smallest absolute Gasteiger partial charge is 0.0798 e. The Hall–Kier alpha value is -0.410. The van der Waals surface area contributed by atoms with Crippen LogP contribution in [0.15, 0.2) is 5.51 Å². The molecule has 0 aromatic carbocycles. The van der Waals surface area contributed by atoms with E-state index in [0.29, 0.717) is 5.92 Å². The van der Waals surface area contributed by atoms with Crippen LogP contribution in [0.2, 0.25) is 0 Å². The second-order valence-electron chi connectivity index (χ2n) is 3.49. The van der Waals surface area contributed by atoms with Gasteiger partial charge in [0.15, 0.2) is 0 Å². The van der Waals surface area contributed by atoms with E-state index in [-0.39, 0.29) is 0 Å². The molecule has 0 aliphatic carbocycles. The molecule has 1 heterocycles. The van der Waals surface area contributed by atoms with Crippen molar-refractivity contribution in [2.45, 2.75) is 39.7 Å². The van der Waals surface area contributed by atoms with Gasteiger partial charge in [-0.15, -0.1) is 11.3 Å². The Morgan fingerprint density at radius 2 is 2.31 bits per heavy atom. The van der Waals surface area contributed by atoms with Gasteiger partial charge < -0.3 is 5.32 Å². The van der Waals surface area contributed by atoms with Gasteiger partial charge in [0, 0.05) is 11.4 Å². The van der Waals surface area contributed by atoms with Crippen molar-refractivity contribution in [2.24, 2.45) is 0 Å². The average molecular weight is 198 g/mol. The maximum Gasteiger partial charge on any atom is 0.0798 e. The minimum atomic E-state index is 0.546. The van der Waals surface area contributed by atoms with Gasteiger partial charge in [-0.1, -0.05) is 20.8 Å². The van der Waals surface area contributed by atoms with Gasteiger partial charge in [0.05, 0.1) is 11.2 Å². The Labute approximate surface area is 84.4 Å². The molecule has 0 fully saturated rings. The molecule has 0 aliphatic heterocycles. The van der Waals surface area contributed by atoms with E-state index >= 15 is 0 Å². The molecule has 1 rings (SSSR count). The van der Waals surface area contributed by atoms with Crippen LogP contribution in [0.25, 0.3) is 0 Å². The predicted octanol–water partition coefficient (Wildman–Crippen LogP) is 2.77. The van der Waals surface area contributed by atoms with Gasteiger partial charge >= 0.3 is 0 Å². The summed E-state index contributed by atoms with van der Waals surface area (Å²) in [6.07, 6.45) is 1.19. The summed E-state index contributed by atoms with van der Waals surface area (Å²) in [5.41, 5.74) is 3.20. The highest BCUT2D eigenvalue weighted by Gasteiger charge is 2.08. The van der Waals surface area contributed by atoms with E-state index in [1.807, 2.05) is 5.51 Å². The fourth-order valence-electron chi connectivity index (χ4n) is 1.26. The van der Waals surface area contributed by atoms with E-state index < -0.39 is 0 Å². The first-order valence-electron chi connectivity index (χ1n) is 4.88. The summed E-state index contributed by atoms with van der Waals surface area (Å²) < 4.78 is 0. The van der Waals surface area contributed by atoms with Crippen molar-refractivity contribution in [1.82, 2.24) is 10.3 Å². The minimum Gasteiger partial charge on any atom is -0.312 e. The van der Waals surface area contributed by atoms with Gasteiger partial charge in [-0.3, -0.25) is 0 Å². The molecule has 2 nitrogen and oxygen atoms in total. The molecule has 0 amide bonds. The van der Waals surface area contributed by atoms with Crippen LogP contribution >= 0.6 is 11.3 Å². The van der Waals surface area contributed by atoms with Gasteiger partial charge in [-0.25, -0.2) is 4.98 Å². The summed E-state index contributed by atoms with van der Waals surface area (Å²) in [4.78, 5) is 5.77. The minimum absolute atomic E-state index is 0.546. The molecule has 0 unspecified atom stereocenters. The first-order valence-corrected chi connectivity index (χ1v) is 5.76. The van der Waals surface area contributed by atoms with Gasteiger partial charge in [0.25, 0.3) is 0 Å². The van der Waals surface area contributed by atoms with Crippen LogP contribution in [0.3, 0.4) is 0 Å². The molecule has 0 bridgehead atoms.